The molecule has 0 saturated carbocycles. The van der Waals surface area contributed by atoms with Gasteiger partial charge in [-0.1, -0.05) is 0 Å². The van der Waals surface area contributed by atoms with E-state index < -0.39 is 23.6 Å². The highest BCUT2D eigenvalue weighted by Crippen LogP contribution is 2.12. The van der Waals surface area contributed by atoms with Gasteiger partial charge in [-0.15, -0.1) is 0 Å². The maximum atomic E-state index is 12.0. The first-order chi connectivity index (χ1) is 14.4. The predicted octanol–water partition coefficient (Wildman–Crippen LogP) is 0.706. The first kappa shape index (κ1) is 22.2. The summed E-state index contributed by atoms with van der Waals surface area (Å²) in [4.78, 5) is 47.5. The van der Waals surface area contributed by atoms with Gasteiger partial charge in [0.15, 0.2) is 0 Å². The second-order valence-electron chi connectivity index (χ2n) is 5.73. The van der Waals surface area contributed by atoms with E-state index in [0.717, 1.165) is 0 Å². The molecule has 10 heteroatoms. The summed E-state index contributed by atoms with van der Waals surface area (Å²) in [5.74, 6) is -2.39. The van der Waals surface area contributed by atoms with Crippen LogP contribution in [0.25, 0.3) is 0 Å². The van der Waals surface area contributed by atoms with Gasteiger partial charge in [0.05, 0.1) is 13.2 Å². The molecular weight excluding hydrogens is 392 g/mol. The van der Waals surface area contributed by atoms with Gasteiger partial charge >= 0.3 is 11.8 Å². The fourth-order valence-corrected chi connectivity index (χ4v) is 2.22. The van der Waals surface area contributed by atoms with Crippen LogP contribution >= 0.6 is 0 Å². The lowest BCUT2D eigenvalue weighted by Crippen LogP contribution is -2.52. The third-order valence-electron chi connectivity index (χ3n) is 3.64. The summed E-state index contributed by atoms with van der Waals surface area (Å²) in [5, 5.41) is 0. The molecule has 0 spiro atoms. The first-order valence-electron chi connectivity index (χ1n) is 9.11. The Hall–Kier alpha value is -4.08. The highest BCUT2D eigenvalue weighted by Gasteiger charge is 2.16. The van der Waals surface area contributed by atoms with Crippen molar-refractivity contribution in [2.24, 2.45) is 0 Å². The van der Waals surface area contributed by atoms with Crippen molar-refractivity contribution in [3.8, 4) is 11.5 Å². The number of hydrogen-bond donors (Lipinski definition) is 4. The van der Waals surface area contributed by atoms with E-state index in [-0.39, 0.29) is 11.1 Å². The molecule has 2 aromatic carbocycles. The molecule has 0 unspecified atom stereocenters. The molecule has 0 heterocycles. The molecule has 0 aliphatic carbocycles. The van der Waals surface area contributed by atoms with E-state index in [1.54, 1.807) is 24.3 Å². The van der Waals surface area contributed by atoms with Crippen LogP contribution in [0, 0.1) is 0 Å². The Morgan fingerprint density at radius 1 is 0.600 bits per heavy atom. The molecular formula is C20H22N4O6. The number of nitrogens with one attached hydrogen (secondary N) is 4. The number of hydrazine groups is 2. The number of carbonyl (C=O) groups excluding carboxylic acids is 4. The summed E-state index contributed by atoms with van der Waals surface area (Å²) in [7, 11) is 0. The Bertz CT molecular complexity index is 821. The molecule has 0 atom stereocenters. The number of amides is 4. The van der Waals surface area contributed by atoms with E-state index >= 15 is 0 Å². The van der Waals surface area contributed by atoms with Crippen LogP contribution in [-0.2, 0) is 9.59 Å². The third-order valence-corrected chi connectivity index (χ3v) is 3.64. The number of ether oxygens (including phenoxy) is 2. The molecule has 2 aromatic rings. The van der Waals surface area contributed by atoms with Crippen molar-refractivity contribution in [2.45, 2.75) is 13.8 Å². The van der Waals surface area contributed by atoms with Crippen LogP contribution in [-0.4, -0.2) is 36.8 Å². The van der Waals surface area contributed by atoms with E-state index in [1.165, 1.54) is 24.3 Å². The molecule has 0 radical (unpaired) electrons. The van der Waals surface area contributed by atoms with Crippen LogP contribution in [0.4, 0.5) is 0 Å². The Morgan fingerprint density at radius 3 is 1.23 bits per heavy atom. The summed E-state index contributed by atoms with van der Waals surface area (Å²) in [5.41, 5.74) is 8.62. The minimum Gasteiger partial charge on any atom is -0.494 e. The molecule has 0 aliphatic heterocycles. The van der Waals surface area contributed by atoms with Gasteiger partial charge in [0.25, 0.3) is 11.8 Å². The summed E-state index contributed by atoms with van der Waals surface area (Å²) in [6, 6.07) is 12.4. The van der Waals surface area contributed by atoms with Crippen molar-refractivity contribution < 1.29 is 28.7 Å². The summed E-state index contributed by atoms with van der Waals surface area (Å²) < 4.78 is 10.5. The van der Waals surface area contributed by atoms with Crippen molar-refractivity contribution in [3.63, 3.8) is 0 Å². The molecule has 30 heavy (non-hydrogen) atoms. The van der Waals surface area contributed by atoms with Crippen LogP contribution in [0.5, 0.6) is 11.5 Å². The average Bonchev–Trinajstić information content (AvgIpc) is 2.76. The Labute approximate surface area is 172 Å². The molecule has 0 saturated heterocycles. The smallest absolute Gasteiger partial charge is 0.329 e. The van der Waals surface area contributed by atoms with Gasteiger partial charge in [-0.2, -0.15) is 0 Å². The van der Waals surface area contributed by atoms with Gasteiger partial charge in [-0.3, -0.25) is 40.9 Å². The molecule has 158 valence electrons. The van der Waals surface area contributed by atoms with Crippen LogP contribution in [0.3, 0.4) is 0 Å². The van der Waals surface area contributed by atoms with Crippen LogP contribution in [0.2, 0.25) is 0 Å². The standard InChI is InChI=1S/C20H22N4O6/c1-3-29-15-9-5-13(6-10-15)17(25)21-23-19(27)20(28)24-22-18(26)14-7-11-16(12-8-14)30-4-2/h5-12H,3-4H2,1-2H3,(H,21,25)(H,22,26)(H,23,27)(H,24,28). The number of benzene rings is 2. The fourth-order valence-electron chi connectivity index (χ4n) is 2.22. The van der Waals surface area contributed by atoms with Crippen molar-refractivity contribution in [1.29, 1.82) is 0 Å². The second-order valence-corrected chi connectivity index (χ2v) is 5.73. The van der Waals surface area contributed by atoms with Crippen molar-refractivity contribution in [3.05, 3.63) is 59.7 Å². The minimum atomic E-state index is -1.17. The van der Waals surface area contributed by atoms with Crippen LogP contribution in [0.1, 0.15) is 34.6 Å². The lowest BCUT2D eigenvalue weighted by Gasteiger charge is -2.10. The Balaban J connectivity index is 1.77. The largest absolute Gasteiger partial charge is 0.494 e. The zero-order valence-corrected chi connectivity index (χ0v) is 16.5. The monoisotopic (exact) mass is 414 g/mol. The number of carbonyl (C=O) groups is 4. The topological polar surface area (TPSA) is 135 Å². The Kier molecular flexibility index (Phi) is 8.18. The maximum absolute atomic E-state index is 12.0. The summed E-state index contributed by atoms with van der Waals surface area (Å²) in [6.45, 7) is 4.65. The SMILES string of the molecule is CCOc1ccc(C(=O)NNC(=O)C(=O)NNC(=O)c2ccc(OCC)cc2)cc1. The van der Waals surface area contributed by atoms with Gasteiger partial charge in [0.2, 0.25) is 0 Å². The number of rotatable bonds is 6. The lowest BCUT2D eigenvalue weighted by atomic mass is 10.2. The molecule has 0 aromatic heterocycles. The molecule has 2 rings (SSSR count). The van der Waals surface area contributed by atoms with Crippen molar-refractivity contribution in [2.75, 3.05) is 13.2 Å². The summed E-state index contributed by atoms with van der Waals surface area (Å²) in [6.07, 6.45) is 0. The molecule has 10 nitrogen and oxygen atoms in total. The van der Waals surface area contributed by atoms with E-state index in [1.807, 2.05) is 24.7 Å². The van der Waals surface area contributed by atoms with E-state index in [4.69, 9.17) is 9.47 Å². The lowest BCUT2D eigenvalue weighted by molar-refractivity contribution is -0.140. The summed E-state index contributed by atoms with van der Waals surface area (Å²) >= 11 is 0. The molecule has 4 N–H and O–H groups in total. The molecule has 4 amide bonds. The van der Waals surface area contributed by atoms with Gasteiger partial charge < -0.3 is 9.47 Å². The first-order valence-corrected chi connectivity index (χ1v) is 9.11. The highest BCUT2D eigenvalue weighted by molar-refractivity contribution is 6.35. The molecule has 0 fully saturated rings. The van der Waals surface area contributed by atoms with Crippen LogP contribution < -0.4 is 31.2 Å². The van der Waals surface area contributed by atoms with Gasteiger partial charge in [0, 0.05) is 11.1 Å². The average molecular weight is 414 g/mol. The van der Waals surface area contributed by atoms with Gasteiger partial charge in [-0.05, 0) is 62.4 Å². The third kappa shape index (κ3) is 6.51. The maximum Gasteiger partial charge on any atom is 0.329 e. The van der Waals surface area contributed by atoms with Crippen molar-refractivity contribution >= 4 is 23.6 Å². The van der Waals surface area contributed by atoms with Crippen molar-refractivity contribution in [1.82, 2.24) is 21.7 Å². The fraction of sp³-hybridized carbons (Fsp3) is 0.200. The zero-order chi connectivity index (χ0) is 21.9. The zero-order valence-electron chi connectivity index (χ0n) is 16.5. The second kappa shape index (κ2) is 11.1. The highest BCUT2D eigenvalue weighted by atomic mass is 16.5. The van der Waals surface area contributed by atoms with E-state index in [9.17, 15) is 19.2 Å². The molecule has 0 aliphatic rings. The van der Waals surface area contributed by atoms with Crippen LogP contribution in [0.15, 0.2) is 48.5 Å². The normalized spacial score (nSPS) is 9.80. The predicted molar refractivity (Wildman–Crippen MR) is 106 cm³/mol. The van der Waals surface area contributed by atoms with E-state index in [0.29, 0.717) is 24.7 Å². The minimum absolute atomic E-state index is 0.253. The number of hydrogen-bond acceptors (Lipinski definition) is 6. The molecule has 0 bridgehead atoms. The van der Waals surface area contributed by atoms with Gasteiger partial charge in [0.1, 0.15) is 11.5 Å². The van der Waals surface area contributed by atoms with E-state index in [2.05, 4.69) is 10.9 Å². The quantitative estimate of drug-likeness (QED) is 0.406. The van der Waals surface area contributed by atoms with Gasteiger partial charge in [-0.25, -0.2) is 0 Å². The Morgan fingerprint density at radius 2 is 0.933 bits per heavy atom.